The number of azo groups is 1. The van der Waals surface area contributed by atoms with Crippen LogP contribution >= 0.6 is 0 Å². The van der Waals surface area contributed by atoms with Crippen molar-refractivity contribution in [2.75, 3.05) is 20.3 Å². The zero-order chi connectivity index (χ0) is 9.47. The molecular weight excluding hydrogens is 176 g/mol. The summed E-state index contributed by atoms with van der Waals surface area (Å²) in [6.45, 7) is 0.167. The molecule has 2 aliphatic rings. The molecule has 0 saturated carbocycles. The van der Waals surface area contributed by atoms with E-state index in [4.69, 9.17) is 4.74 Å². The number of carbonyl (C=O) groups is 2. The van der Waals surface area contributed by atoms with Crippen molar-refractivity contribution in [2.45, 2.75) is 5.54 Å². The summed E-state index contributed by atoms with van der Waals surface area (Å²) in [5.74, 6) is -1.56. The first kappa shape index (κ1) is 8.15. The monoisotopic (exact) mass is 184 g/mol. The number of rotatable bonds is 1. The second kappa shape index (κ2) is 2.51. The van der Waals surface area contributed by atoms with Crippen LogP contribution in [0.5, 0.6) is 0 Å². The minimum atomic E-state index is -1.19. The van der Waals surface area contributed by atoms with Crippen molar-refractivity contribution in [1.82, 2.24) is 0 Å². The Labute approximate surface area is 73.9 Å². The van der Waals surface area contributed by atoms with Crippen molar-refractivity contribution in [2.24, 2.45) is 16.1 Å². The van der Waals surface area contributed by atoms with Gasteiger partial charge in [0, 0.05) is 0 Å². The minimum absolute atomic E-state index is 0.0489. The molecule has 70 valence electrons. The van der Waals surface area contributed by atoms with Crippen LogP contribution in [0.15, 0.2) is 10.2 Å². The van der Waals surface area contributed by atoms with Crippen molar-refractivity contribution >= 4 is 11.9 Å². The molecular formula is C7H8N2O4. The zero-order valence-electron chi connectivity index (χ0n) is 7.02. The summed E-state index contributed by atoms with van der Waals surface area (Å²) in [4.78, 5) is 22.5. The van der Waals surface area contributed by atoms with Gasteiger partial charge in [-0.05, 0) is 0 Å². The Hall–Kier alpha value is -1.46. The average Bonchev–Trinajstić information content (AvgIpc) is 2.67. The van der Waals surface area contributed by atoms with Crippen LogP contribution in [0, 0.1) is 5.92 Å². The van der Waals surface area contributed by atoms with Gasteiger partial charge in [0.05, 0.1) is 13.7 Å². The summed E-state index contributed by atoms with van der Waals surface area (Å²) < 4.78 is 9.31. The lowest BCUT2D eigenvalue weighted by atomic mass is 9.89. The van der Waals surface area contributed by atoms with E-state index in [0.717, 1.165) is 0 Å². The molecule has 0 unspecified atom stereocenters. The van der Waals surface area contributed by atoms with E-state index in [1.54, 1.807) is 0 Å². The number of ether oxygens (including phenoxy) is 2. The highest BCUT2D eigenvalue weighted by Crippen LogP contribution is 2.36. The molecule has 0 amide bonds. The third kappa shape index (κ3) is 0.881. The topological polar surface area (TPSA) is 77.3 Å². The van der Waals surface area contributed by atoms with Crippen LogP contribution in [0.2, 0.25) is 0 Å². The fraction of sp³-hybridized carbons (Fsp3) is 0.714. The smallest absolute Gasteiger partial charge is 0.340 e. The molecule has 6 heteroatoms. The second-order valence-electron chi connectivity index (χ2n) is 3.00. The summed E-state index contributed by atoms with van der Waals surface area (Å²) in [6, 6.07) is 0. The molecule has 2 aliphatic heterocycles. The maximum absolute atomic E-state index is 11.4. The summed E-state index contributed by atoms with van der Waals surface area (Å²) in [6.07, 6.45) is 0. The maximum Gasteiger partial charge on any atom is 0.340 e. The number of methoxy groups -OCH3 is 1. The summed E-state index contributed by atoms with van der Waals surface area (Å²) in [7, 11) is 1.25. The van der Waals surface area contributed by atoms with E-state index >= 15 is 0 Å². The largest absolute Gasteiger partial charge is 0.467 e. The van der Waals surface area contributed by atoms with Crippen LogP contribution in [-0.2, 0) is 19.1 Å². The highest BCUT2D eigenvalue weighted by molar-refractivity contribution is 5.92. The van der Waals surface area contributed by atoms with Crippen molar-refractivity contribution in [1.29, 1.82) is 0 Å². The standard InChI is InChI=1S/C7H8N2O4/c1-12-6(11)7-3-13-5(10)4(7)2-8-9-7/h4H,2-3H2,1H3/t4-,7+/m0/s1. The first-order valence-corrected chi connectivity index (χ1v) is 3.84. The molecule has 0 N–H and O–H groups in total. The number of hydrogen-bond donors (Lipinski definition) is 0. The molecule has 0 radical (unpaired) electrons. The summed E-state index contributed by atoms with van der Waals surface area (Å²) in [5, 5.41) is 7.44. The predicted octanol–water partition coefficient (Wildman–Crippen LogP) is -0.463. The molecule has 2 rings (SSSR count). The van der Waals surface area contributed by atoms with Gasteiger partial charge < -0.3 is 9.47 Å². The van der Waals surface area contributed by atoms with Gasteiger partial charge in [0.2, 0.25) is 5.54 Å². The molecule has 0 aromatic rings. The fourth-order valence-electron chi connectivity index (χ4n) is 1.57. The average molecular weight is 184 g/mol. The molecule has 0 bridgehead atoms. The van der Waals surface area contributed by atoms with Crippen molar-refractivity contribution in [3.8, 4) is 0 Å². The molecule has 1 saturated heterocycles. The van der Waals surface area contributed by atoms with Crippen molar-refractivity contribution in [3.05, 3.63) is 0 Å². The fourth-order valence-corrected chi connectivity index (χ4v) is 1.57. The van der Waals surface area contributed by atoms with Gasteiger partial charge in [-0.15, -0.1) is 0 Å². The molecule has 1 fully saturated rings. The first-order chi connectivity index (χ1) is 6.20. The number of nitrogens with zero attached hydrogens (tertiary/aromatic N) is 2. The van der Waals surface area contributed by atoms with Crippen LogP contribution in [0.4, 0.5) is 0 Å². The molecule has 6 nitrogen and oxygen atoms in total. The Balaban J connectivity index is 2.35. The summed E-state index contributed by atoms with van der Waals surface area (Å²) >= 11 is 0. The number of esters is 2. The lowest BCUT2D eigenvalue weighted by Crippen LogP contribution is -2.43. The van der Waals surface area contributed by atoms with Gasteiger partial charge in [-0.3, -0.25) is 4.79 Å². The maximum atomic E-state index is 11.4. The Morgan fingerprint density at radius 1 is 1.77 bits per heavy atom. The Morgan fingerprint density at radius 2 is 2.54 bits per heavy atom. The van der Waals surface area contributed by atoms with Gasteiger partial charge in [0.15, 0.2) is 0 Å². The van der Waals surface area contributed by atoms with Gasteiger partial charge in [0.1, 0.15) is 12.5 Å². The lowest BCUT2D eigenvalue weighted by molar-refractivity contribution is -0.148. The van der Waals surface area contributed by atoms with E-state index in [9.17, 15) is 9.59 Å². The number of cyclic esters (lactones) is 1. The molecule has 13 heavy (non-hydrogen) atoms. The van der Waals surface area contributed by atoms with E-state index < -0.39 is 23.4 Å². The van der Waals surface area contributed by atoms with Crippen LogP contribution in [0.25, 0.3) is 0 Å². The van der Waals surface area contributed by atoms with Crippen LogP contribution in [-0.4, -0.2) is 37.7 Å². The molecule has 0 aromatic heterocycles. The van der Waals surface area contributed by atoms with Gasteiger partial charge in [-0.2, -0.15) is 10.2 Å². The lowest BCUT2D eigenvalue weighted by Gasteiger charge is -2.16. The number of hydrogen-bond acceptors (Lipinski definition) is 6. The third-order valence-electron chi connectivity index (χ3n) is 2.35. The Morgan fingerprint density at radius 3 is 3.23 bits per heavy atom. The van der Waals surface area contributed by atoms with Crippen LogP contribution < -0.4 is 0 Å². The van der Waals surface area contributed by atoms with Crippen LogP contribution in [0.3, 0.4) is 0 Å². The second-order valence-corrected chi connectivity index (χ2v) is 3.00. The van der Waals surface area contributed by atoms with E-state index in [1.807, 2.05) is 0 Å². The SMILES string of the molecule is COC(=O)[C@@]12COC(=O)[C@@H]1CN=N2. The molecule has 0 aliphatic carbocycles. The predicted molar refractivity (Wildman–Crippen MR) is 38.9 cm³/mol. The highest BCUT2D eigenvalue weighted by atomic mass is 16.6. The van der Waals surface area contributed by atoms with E-state index in [-0.39, 0.29) is 13.2 Å². The quantitative estimate of drug-likeness (QED) is 0.516. The van der Waals surface area contributed by atoms with Gasteiger partial charge >= 0.3 is 11.9 Å². The Kier molecular flexibility index (Phi) is 1.58. The number of carbonyl (C=O) groups excluding carboxylic acids is 2. The number of fused-ring (bicyclic) bond motifs is 1. The van der Waals surface area contributed by atoms with Gasteiger partial charge in [-0.1, -0.05) is 0 Å². The molecule has 2 atom stereocenters. The molecule has 2 heterocycles. The normalized spacial score (nSPS) is 35.8. The zero-order valence-corrected chi connectivity index (χ0v) is 7.02. The first-order valence-electron chi connectivity index (χ1n) is 3.84. The summed E-state index contributed by atoms with van der Waals surface area (Å²) in [5.41, 5.74) is -1.19. The molecule has 0 spiro atoms. The molecule has 0 aromatic carbocycles. The van der Waals surface area contributed by atoms with E-state index in [0.29, 0.717) is 0 Å². The van der Waals surface area contributed by atoms with Crippen molar-refractivity contribution in [3.63, 3.8) is 0 Å². The van der Waals surface area contributed by atoms with E-state index in [2.05, 4.69) is 15.0 Å². The van der Waals surface area contributed by atoms with Gasteiger partial charge in [-0.25, -0.2) is 4.79 Å². The van der Waals surface area contributed by atoms with Gasteiger partial charge in [0.25, 0.3) is 0 Å². The third-order valence-corrected chi connectivity index (χ3v) is 2.35. The van der Waals surface area contributed by atoms with Crippen LogP contribution in [0.1, 0.15) is 0 Å². The Bertz CT molecular complexity index is 301. The van der Waals surface area contributed by atoms with E-state index in [1.165, 1.54) is 7.11 Å². The highest BCUT2D eigenvalue weighted by Gasteiger charge is 2.60. The van der Waals surface area contributed by atoms with Crippen molar-refractivity contribution < 1.29 is 19.1 Å². The minimum Gasteiger partial charge on any atom is -0.467 e.